The van der Waals surface area contributed by atoms with Crippen LogP contribution in [0.15, 0.2) is 89.9 Å². The molecule has 1 aliphatic carbocycles. The van der Waals surface area contributed by atoms with E-state index in [0.717, 1.165) is 33.5 Å². The Balaban J connectivity index is 1.82. The average molecular weight is 335 g/mol. The first-order valence-corrected chi connectivity index (χ1v) is 8.79. The summed E-state index contributed by atoms with van der Waals surface area (Å²) in [5, 5.41) is 0. The van der Waals surface area contributed by atoms with Gasteiger partial charge in [0.25, 0.3) is 0 Å². The summed E-state index contributed by atoms with van der Waals surface area (Å²) in [6, 6.07) is 24.6. The number of allylic oxidation sites excluding steroid dienone is 1. The molecule has 5 rings (SSSR count). The van der Waals surface area contributed by atoms with Gasteiger partial charge in [-0.25, -0.2) is 0 Å². The van der Waals surface area contributed by atoms with Gasteiger partial charge in [-0.1, -0.05) is 78.4 Å². The highest BCUT2D eigenvalue weighted by molar-refractivity contribution is 6.17. The molecule has 2 nitrogen and oxygen atoms in total. The molecule has 0 fully saturated rings. The fourth-order valence-corrected chi connectivity index (χ4v) is 3.99. The van der Waals surface area contributed by atoms with Crippen LogP contribution in [0.4, 0.5) is 0 Å². The van der Waals surface area contributed by atoms with Crippen molar-refractivity contribution in [3.05, 3.63) is 118 Å². The van der Waals surface area contributed by atoms with E-state index >= 15 is 0 Å². The zero-order valence-corrected chi connectivity index (χ0v) is 14.4. The molecule has 3 aromatic carbocycles. The van der Waals surface area contributed by atoms with E-state index in [9.17, 15) is 4.79 Å². The predicted molar refractivity (Wildman–Crippen MR) is 104 cm³/mol. The number of fused-ring (bicyclic) bond motifs is 4. The molecule has 0 bridgehead atoms. The summed E-state index contributed by atoms with van der Waals surface area (Å²) < 4.78 is 0. The summed E-state index contributed by atoms with van der Waals surface area (Å²) in [4.78, 5) is 17.6. The molecule has 26 heavy (non-hydrogen) atoms. The molecule has 1 atom stereocenters. The molecule has 0 aromatic heterocycles. The number of benzene rings is 3. The van der Waals surface area contributed by atoms with Gasteiger partial charge in [0.1, 0.15) is 5.54 Å². The van der Waals surface area contributed by atoms with E-state index in [1.165, 1.54) is 5.56 Å². The summed E-state index contributed by atoms with van der Waals surface area (Å²) in [5.41, 5.74) is 6.64. The lowest BCUT2D eigenvalue weighted by Crippen LogP contribution is -2.27. The lowest BCUT2D eigenvalue weighted by molar-refractivity contribution is 0.104. The lowest BCUT2D eigenvalue weighted by Gasteiger charge is -2.29. The molecular weight excluding hydrogens is 318 g/mol. The van der Waals surface area contributed by atoms with Crippen molar-refractivity contribution in [2.24, 2.45) is 4.99 Å². The third-order valence-corrected chi connectivity index (χ3v) is 5.29. The Morgan fingerprint density at radius 1 is 0.769 bits per heavy atom. The quantitative estimate of drug-likeness (QED) is 0.625. The summed E-state index contributed by atoms with van der Waals surface area (Å²) in [6.45, 7) is 2.08. The molecular formula is C24H17NO. The standard InChI is InChI=1S/C24H17NO/c1-16-10-12-17(13-11-16)23-19-7-3-5-9-21(19)24(25-23)15-14-22(26)18-6-2-4-8-20(18)24/h2-15H,1H3/t24-/m0/s1. The monoisotopic (exact) mass is 335 g/mol. The van der Waals surface area contributed by atoms with Crippen LogP contribution in [0.5, 0.6) is 0 Å². The highest BCUT2D eigenvalue weighted by Gasteiger charge is 2.43. The maximum absolute atomic E-state index is 12.4. The summed E-state index contributed by atoms with van der Waals surface area (Å²) >= 11 is 0. The number of nitrogens with zero attached hydrogens (tertiary/aromatic N) is 1. The molecule has 0 amide bonds. The van der Waals surface area contributed by atoms with Crippen LogP contribution in [0.3, 0.4) is 0 Å². The second-order valence-electron chi connectivity index (χ2n) is 6.88. The number of ketones is 1. The van der Waals surface area contributed by atoms with E-state index in [1.807, 2.05) is 42.5 Å². The van der Waals surface area contributed by atoms with Gasteiger partial charge < -0.3 is 0 Å². The van der Waals surface area contributed by atoms with Crippen molar-refractivity contribution in [2.75, 3.05) is 0 Å². The fourth-order valence-electron chi connectivity index (χ4n) is 3.99. The van der Waals surface area contributed by atoms with Crippen LogP contribution in [0.25, 0.3) is 0 Å². The minimum Gasteiger partial charge on any atom is -0.289 e. The second kappa shape index (κ2) is 5.37. The Labute approximate surface area is 152 Å². The van der Waals surface area contributed by atoms with Gasteiger partial charge in [-0.3, -0.25) is 9.79 Å². The molecule has 1 heterocycles. The van der Waals surface area contributed by atoms with Crippen molar-refractivity contribution in [3.8, 4) is 0 Å². The van der Waals surface area contributed by atoms with Crippen LogP contribution in [-0.4, -0.2) is 11.5 Å². The van der Waals surface area contributed by atoms with Crippen molar-refractivity contribution in [3.63, 3.8) is 0 Å². The van der Waals surface area contributed by atoms with Crippen LogP contribution in [-0.2, 0) is 5.54 Å². The van der Waals surface area contributed by atoms with Crippen molar-refractivity contribution >= 4 is 11.5 Å². The van der Waals surface area contributed by atoms with Gasteiger partial charge >= 0.3 is 0 Å². The molecule has 0 saturated heterocycles. The fraction of sp³-hybridized carbons (Fsp3) is 0.0833. The van der Waals surface area contributed by atoms with Crippen LogP contribution in [0, 0.1) is 6.92 Å². The number of hydrogen-bond acceptors (Lipinski definition) is 2. The van der Waals surface area contributed by atoms with Crippen molar-refractivity contribution in [2.45, 2.75) is 12.5 Å². The normalized spacial score (nSPS) is 20.0. The Kier molecular flexibility index (Phi) is 3.10. The number of aliphatic imine (C=N–C) groups is 1. The zero-order chi connectivity index (χ0) is 17.7. The molecule has 1 aliphatic heterocycles. The lowest BCUT2D eigenvalue weighted by atomic mass is 9.76. The summed E-state index contributed by atoms with van der Waals surface area (Å²) in [7, 11) is 0. The molecule has 124 valence electrons. The Hall–Kier alpha value is -3.26. The van der Waals surface area contributed by atoms with Gasteiger partial charge in [0.15, 0.2) is 5.78 Å². The Morgan fingerprint density at radius 3 is 2.12 bits per heavy atom. The van der Waals surface area contributed by atoms with Crippen molar-refractivity contribution in [1.82, 2.24) is 0 Å². The topological polar surface area (TPSA) is 29.4 Å². The number of carbonyl (C=O) groups excluding carboxylic acids is 1. The first kappa shape index (κ1) is 15.0. The first-order chi connectivity index (χ1) is 12.7. The smallest absolute Gasteiger partial charge is 0.186 e. The van der Waals surface area contributed by atoms with Crippen molar-refractivity contribution in [1.29, 1.82) is 0 Å². The highest BCUT2D eigenvalue weighted by Crippen LogP contribution is 2.46. The summed E-state index contributed by atoms with van der Waals surface area (Å²) in [6.07, 6.45) is 3.62. The van der Waals surface area contributed by atoms with E-state index in [2.05, 4.69) is 43.3 Å². The van der Waals surface area contributed by atoms with Crippen LogP contribution < -0.4 is 0 Å². The second-order valence-corrected chi connectivity index (χ2v) is 6.88. The van der Waals surface area contributed by atoms with Crippen LogP contribution in [0.2, 0.25) is 0 Å². The van der Waals surface area contributed by atoms with E-state index < -0.39 is 5.54 Å². The molecule has 3 aromatic rings. The van der Waals surface area contributed by atoms with Gasteiger partial charge in [0.05, 0.1) is 5.71 Å². The van der Waals surface area contributed by atoms with Gasteiger partial charge in [-0.15, -0.1) is 0 Å². The Morgan fingerprint density at radius 2 is 1.38 bits per heavy atom. The van der Waals surface area contributed by atoms with Crippen molar-refractivity contribution < 1.29 is 4.79 Å². The molecule has 2 aliphatic rings. The Bertz CT molecular complexity index is 1110. The van der Waals surface area contributed by atoms with Gasteiger partial charge in [0.2, 0.25) is 0 Å². The third kappa shape index (κ3) is 1.99. The molecule has 1 spiro atoms. The molecule has 0 saturated carbocycles. The van der Waals surface area contributed by atoms with E-state index in [1.54, 1.807) is 6.08 Å². The molecule has 0 unspecified atom stereocenters. The van der Waals surface area contributed by atoms with E-state index in [-0.39, 0.29) is 5.78 Å². The average Bonchev–Trinajstić information content (AvgIpc) is 3.01. The number of rotatable bonds is 1. The maximum Gasteiger partial charge on any atom is 0.186 e. The molecule has 0 N–H and O–H groups in total. The largest absolute Gasteiger partial charge is 0.289 e. The third-order valence-electron chi connectivity index (χ3n) is 5.29. The SMILES string of the molecule is Cc1ccc(C2=N[C@]3(C=CC(=O)c4ccccc43)c3ccccc32)cc1. The van der Waals surface area contributed by atoms with Gasteiger partial charge in [-0.2, -0.15) is 0 Å². The van der Waals surface area contributed by atoms with E-state index in [0.29, 0.717) is 0 Å². The number of hydrogen-bond donors (Lipinski definition) is 0. The highest BCUT2D eigenvalue weighted by atomic mass is 16.1. The number of carbonyl (C=O) groups is 1. The van der Waals surface area contributed by atoms with E-state index in [4.69, 9.17) is 4.99 Å². The maximum atomic E-state index is 12.4. The zero-order valence-electron chi connectivity index (χ0n) is 14.4. The minimum atomic E-state index is -0.624. The summed E-state index contributed by atoms with van der Waals surface area (Å²) in [5.74, 6) is 0.0442. The van der Waals surface area contributed by atoms with Crippen LogP contribution >= 0.6 is 0 Å². The number of aryl methyl sites for hydroxylation is 1. The first-order valence-electron chi connectivity index (χ1n) is 8.79. The molecule has 0 radical (unpaired) electrons. The van der Waals surface area contributed by atoms with Crippen LogP contribution in [0.1, 0.15) is 38.2 Å². The van der Waals surface area contributed by atoms with Gasteiger partial charge in [-0.05, 0) is 30.2 Å². The molecule has 2 heteroatoms. The minimum absolute atomic E-state index is 0.0442. The predicted octanol–water partition coefficient (Wildman–Crippen LogP) is 4.84. The van der Waals surface area contributed by atoms with Gasteiger partial charge in [0, 0.05) is 16.7 Å².